The number of methoxy groups -OCH3 is 1. The number of rotatable bonds is 6. The van der Waals surface area contributed by atoms with Crippen LogP contribution in [0.3, 0.4) is 0 Å². The highest BCUT2D eigenvalue weighted by atomic mass is 35.5. The summed E-state index contributed by atoms with van der Waals surface area (Å²) in [6.45, 7) is 2.86. The van der Waals surface area contributed by atoms with E-state index in [0.29, 0.717) is 6.54 Å². The predicted octanol–water partition coefficient (Wildman–Crippen LogP) is 3.31. The molecule has 1 heterocycles. The van der Waals surface area contributed by atoms with Crippen molar-refractivity contribution in [1.29, 1.82) is 0 Å². The average molecular weight is 418 g/mol. The number of hydrogen-bond donors (Lipinski definition) is 2. The Morgan fingerprint density at radius 1 is 1.19 bits per heavy atom. The smallest absolute Gasteiger partial charge is 0.223 e. The van der Waals surface area contributed by atoms with Gasteiger partial charge in [-0.15, -0.1) is 24.8 Å². The topological polar surface area (TPSA) is 67.6 Å². The first-order valence-corrected chi connectivity index (χ1v) is 9.58. The maximum atomic E-state index is 12.6. The zero-order valence-corrected chi connectivity index (χ0v) is 17.7. The van der Waals surface area contributed by atoms with Crippen LogP contribution < -0.4 is 15.8 Å². The van der Waals surface area contributed by atoms with E-state index in [-0.39, 0.29) is 48.7 Å². The lowest BCUT2D eigenvalue weighted by Crippen LogP contribution is -2.41. The second-order valence-electron chi connectivity index (χ2n) is 7.40. The number of carbonyl (C=O) groups excluding carboxylic acids is 1. The lowest BCUT2D eigenvalue weighted by atomic mass is 9.85. The van der Waals surface area contributed by atoms with Gasteiger partial charge >= 0.3 is 0 Å². The van der Waals surface area contributed by atoms with E-state index < -0.39 is 0 Å². The Morgan fingerprint density at radius 2 is 1.85 bits per heavy atom. The zero-order valence-electron chi connectivity index (χ0n) is 16.1. The highest BCUT2D eigenvalue weighted by Crippen LogP contribution is 2.27. The van der Waals surface area contributed by atoms with Gasteiger partial charge in [0.2, 0.25) is 5.91 Å². The second kappa shape index (κ2) is 11.7. The van der Waals surface area contributed by atoms with E-state index in [9.17, 15) is 4.79 Å². The molecule has 0 bridgehead atoms. The maximum absolute atomic E-state index is 12.6. The van der Waals surface area contributed by atoms with Crippen molar-refractivity contribution in [2.24, 2.45) is 11.7 Å². The third kappa shape index (κ3) is 6.53. The van der Waals surface area contributed by atoms with Crippen LogP contribution in [0, 0.1) is 5.92 Å². The van der Waals surface area contributed by atoms with Gasteiger partial charge in [-0.2, -0.15) is 0 Å². The van der Waals surface area contributed by atoms with Crippen LogP contribution in [-0.2, 0) is 4.79 Å². The molecule has 1 amide bonds. The van der Waals surface area contributed by atoms with Crippen molar-refractivity contribution in [2.45, 2.75) is 50.6 Å². The van der Waals surface area contributed by atoms with Gasteiger partial charge in [0, 0.05) is 18.5 Å². The molecule has 7 heteroatoms. The fraction of sp³-hybridized carbons (Fsp3) is 0.650. The van der Waals surface area contributed by atoms with Gasteiger partial charge in [0.05, 0.1) is 13.2 Å². The molecule has 3 rings (SSSR count). The van der Waals surface area contributed by atoms with Gasteiger partial charge < -0.3 is 15.8 Å². The van der Waals surface area contributed by atoms with Gasteiger partial charge in [-0.05, 0) is 62.9 Å². The molecule has 0 radical (unpaired) electrons. The summed E-state index contributed by atoms with van der Waals surface area (Å²) >= 11 is 0. The summed E-state index contributed by atoms with van der Waals surface area (Å²) in [5.74, 6) is 1.12. The standard InChI is InChI=1S/C20H31N3O2.2ClH/c1-25-18-9-7-15(8-10-18)19(23-11-2-3-12-23)14-22-20(24)16-5-4-6-17(21)13-16;;/h7-10,16-17,19H,2-6,11-14,21H2,1H3,(H,22,24);2*1H. The minimum atomic E-state index is 0. The molecule has 1 saturated heterocycles. The Bertz CT molecular complexity index is 565. The molecule has 27 heavy (non-hydrogen) atoms. The molecule has 0 spiro atoms. The molecule has 1 saturated carbocycles. The van der Waals surface area contributed by atoms with Gasteiger partial charge in [-0.25, -0.2) is 0 Å². The molecule has 3 unspecified atom stereocenters. The number of hydrogen-bond acceptors (Lipinski definition) is 4. The fourth-order valence-corrected chi connectivity index (χ4v) is 4.14. The van der Waals surface area contributed by atoms with E-state index in [4.69, 9.17) is 10.5 Å². The van der Waals surface area contributed by atoms with Crippen LogP contribution >= 0.6 is 24.8 Å². The molecule has 3 N–H and O–H groups in total. The monoisotopic (exact) mass is 417 g/mol. The molecule has 2 fully saturated rings. The fourth-order valence-electron chi connectivity index (χ4n) is 4.14. The van der Waals surface area contributed by atoms with Gasteiger partial charge in [-0.1, -0.05) is 18.6 Å². The van der Waals surface area contributed by atoms with Crippen molar-refractivity contribution in [3.8, 4) is 5.75 Å². The number of nitrogens with one attached hydrogen (secondary N) is 1. The highest BCUT2D eigenvalue weighted by molar-refractivity contribution is 5.85. The maximum Gasteiger partial charge on any atom is 0.223 e. The first-order valence-electron chi connectivity index (χ1n) is 9.58. The Labute approximate surface area is 175 Å². The quantitative estimate of drug-likeness (QED) is 0.744. The second-order valence-corrected chi connectivity index (χ2v) is 7.40. The first kappa shape index (κ1) is 24.0. The van der Waals surface area contributed by atoms with E-state index >= 15 is 0 Å². The molecular weight excluding hydrogens is 385 g/mol. The average Bonchev–Trinajstić information content (AvgIpc) is 3.16. The van der Waals surface area contributed by atoms with Crippen molar-refractivity contribution < 1.29 is 9.53 Å². The molecule has 154 valence electrons. The highest BCUT2D eigenvalue weighted by Gasteiger charge is 2.28. The number of nitrogens with two attached hydrogens (primary N) is 1. The number of carbonyl (C=O) groups is 1. The van der Waals surface area contributed by atoms with Crippen LogP contribution in [0.15, 0.2) is 24.3 Å². The van der Waals surface area contributed by atoms with Gasteiger partial charge in [0.1, 0.15) is 5.75 Å². The zero-order chi connectivity index (χ0) is 17.6. The number of ether oxygens (including phenoxy) is 1. The van der Waals surface area contributed by atoms with Crippen molar-refractivity contribution in [2.75, 3.05) is 26.7 Å². The molecule has 0 aromatic heterocycles. The molecule has 2 aliphatic rings. The van der Waals surface area contributed by atoms with E-state index in [0.717, 1.165) is 44.5 Å². The molecule has 5 nitrogen and oxygen atoms in total. The molecule has 1 aliphatic heterocycles. The summed E-state index contributed by atoms with van der Waals surface area (Å²) in [7, 11) is 1.68. The van der Waals surface area contributed by atoms with E-state index in [1.165, 1.54) is 18.4 Å². The summed E-state index contributed by atoms with van der Waals surface area (Å²) in [4.78, 5) is 15.1. The third-order valence-electron chi connectivity index (χ3n) is 5.64. The van der Waals surface area contributed by atoms with Gasteiger partial charge in [-0.3, -0.25) is 9.69 Å². The summed E-state index contributed by atoms with van der Waals surface area (Å²) in [6.07, 6.45) is 6.37. The normalized spacial score (nSPS) is 23.6. The van der Waals surface area contributed by atoms with Crippen LogP contribution in [0.4, 0.5) is 0 Å². The van der Waals surface area contributed by atoms with Crippen LogP contribution in [0.5, 0.6) is 5.75 Å². The Kier molecular flexibility index (Phi) is 10.5. The van der Waals surface area contributed by atoms with E-state index in [2.05, 4.69) is 22.3 Å². The van der Waals surface area contributed by atoms with Crippen LogP contribution in [0.2, 0.25) is 0 Å². The number of nitrogens with zero attached hydrogens (tertiary/aromatic N) is 1. The Balaban J connectivity index is 0.00000182. The van der Waals surface area contributed by atoms with Gasteiger partial charge in [0.15, 0.2) is 0 Å². The van der Waals surface area contributed by atoms with Crippen LogP contribution in [-0.4, -0.2) is 43.6 Å². The number of likely N-dealkylation sites (tertiary alicyclic amines) is 1. The molecule has 1 aromatic carbocycles. The summed E-state index contributed by atoms with van der Waals surface area (Å²) < 4.78 is 5.27. The lowest BCUT2D eigenvalue weighted by Gasteiger charge is -2.30. The Hall–Kier alpha value is -1.01. The first-order chi connectivity index (χ1) is 12.2. The summed E-state index contributed by atoms with van der Waals surface area (Å²) in [5, 5.41) is 3.21. The molecule has 1 aliphatic carbocycles. The molecule has 1 aromatic rings. The van der Waals surface area contributed by atoms with Crippen LogP contribution in [0.25, 0.3) is 0 Å². The largest absolute Gasteiger partial charge is 0.497 e. The third-order valence-corrected chi connectivity index (χ3v) is 5.64. The predicted molar refractivity (Wildman–Crippen MR) is 114 cm³/mol. The van der Waals surface area contributed by atoms with Crippen molar-refractivity contribution >= 4 is 30.7 Å². The van der Waals surface area contributed by atoms with E-state index in [1.54, 1.807) is 7.11 Å². The minimum Gasteiger partial charge on any atom is -0.497 e. The lowest BCUT2D eigenvalue weighted by molar-refractivity contribution is -0.126. The summed E-state index contributed by atoms with van der Waals surface area (Å²) in [5.41, 5.74) is 7.28. The van der Waals surface area contributed by atoms with Crippen molar-refractivity contribution in [3.63, 3.8) is 0 Å². The summed E-state index contributed by atoms with van der Waals surface area (Å²) in [6, 6.07) is 8.64. The van der Waals surface area contributed by atoms with E-state index in [1.807, 2.05) is 12.1 Å². The number of benzene rings is 1. The number of amides is 1. The SMILES string of the molecule is COc1ccc(C(CNC(=O)C2CCCC(N)C2)N2CCCC2)cc1.Cl.Cl. The Morgan fingerprint density at radius 3 is 2.44 bits per heavy atom. The minimum absolute atomic E-state index is 0. The molecule has 3 atom stereocenters. The van der Waals surface area contributed by atoms with Crippen molar-refractivity contribution in [3.05, 3.63) is 29.8 Å². The van der Waals surface area contributed by atoms with Crippen molar-refractivity contribution in [1.82, 2.24) is 10.2 Å². The molecular formula is C20H33Cl2N3O2. The van der Waals surface area contributed by atoms with Crippen LogP contribution in [0.1, 0.15) is 50.1 Å². The van der Waals surface area contributed by atoms with Gasteiger partial charge in [0.25, 0.3) is 0 Å². The number of halogens is 2.